The molecule has 0 saturated carbocycles. The van der Waals surface area contributed by atoms with E-state index in [1.54, 1.807) is 6.07 Å². The molecule has 3 aromatic rings. The first-order valence-electron chi connectivity index (χ1n) is 17.8. The number of hydrogen-bond donors (Lipinski definition) is 3. The lowest BCUT2D eigenvalue weighted by Crippen LogP contribution is -2.45. The second-order valence-electron chi connectivity index (χ2n) is 12.6. The fourth-order valence-corrected chi connectivity index (χ4v) is 5.94. The average Bonchev–Trinajstić information content (AvgIpc) is 3.11. The Balaban J connectivity index is 1.60. The number of fused-ring (bicyclic) bond motifs is 1. The number of nitrogens with two attached hydrogens (primary N) is 1. The van der Waals surface area contributed by atoms with Crippen LogP contribution in [0.15, 0.2) is 66.7 Å². The molecule has 2 aromatic carbocycles. The van der Waals surface area contributed by atoms with Gasteiger partial charge in [-0.1, -0.05) is 132 Å². The Hall–Kier alpha value is -4.11. The van der Waals surface area contributed by atoms with Crippen LogP contribution in [0.5, 0.6) is 0 Å². The Labute approximate surface area is 285 Å². The molecule has 0 aliphatic heterocycles. The van der Waals surface area contributed by atoms with Crippen molar-refractivity contribution >= 4 is 34.5 Å². The summed E-state index contributed by atoms with van der Waals surface area (Å²) in [7, 11) is 0. The summed E-state index contributed by atoms with van der Waals surface area (Å²) in [5, 5.41) is 3.78. The molecule has 2 atom stereocenters. The van der Waals surface area contributed by atoms with Gasteiger partial charge in [-0.2, -0.15) is 0 Å². The molecule has 0 fully saturated rings. The fraction of sp³-hybridized carbons (Fsp3) is 0.513. The molecule has 48 heavy (non-hydrogen) atoms. The number of amides is 2. The van der Waals surface area contributed by atoms with Gasteiger partial charge in [0.05, 0.1) is 11.6 Å². The van der Waals surface area contributed by atoms with Crippen LogP contribution in [0, 0.1) is 5.92 Å². The van der Waals surface area contributed by atoms with E-state index in [1.807, 2.05) is 60.7 Å². The molecule has 1 heterocycles. The van der Waals surface area contributed by atoms with Crippen molar-refractivity contribution in [3.63, 3.8) is 0 Å². The number of nitrogens with zero attached hydrogens (tertiary/aromatic N) is 1. The molecule has 0 aliphatic carbocycles. The van der Waals surface area contributed by atoms with Crippen LogP contribution in [-0.2, 0) is 25.7 Å². The lowest BCUT2D eigenvalue weighted by Gasteiger charge is -2.23. The highest BCUT2D eigenvalue weighted by Gasteiger charge is 2.30. The second-order valence-corrected chi connectivity index (χ2v) is 12.6. The number of hydrogen-bond acceptors (Lipinski definition) is 7. The Bertz CT molecular complexity index is 1410. The largest absolute Gasteiger partial charge is 0.461 e. The summed E-state index contributed by atoms with van der Waals surface area (Å²) in [4.78, 5) is 56.8. The molecular weight excluding hydrogens is 604 g/mol. The minimum Gasteiger partial charge on any atom is -0.461 e. The number of esters is 1. The average molecular weight is 659 g/mol. The van der Waals surface area contributed by atoms with Gasteiger partial charge in [0.15, 0.2) is 5.78 Å². The molecule has 1 aromatic heterocycles. The predicted octanol–water partition coefficient (Wildman–Crippen LogP) is 7.51. The Morgan fingerprint density at radius 2 is 1.40 bits per heavy atom. The van der Waals surface area contributed by atoms with Crippen LogP contribution < -0.4 is 16.6 Å². The number of ether oxygens (including phenoxy) is 1. The first-order valence-corrected chi connectivity index (χ1v) is 17.8. The highest BCUT2D eigenvalue weighted by molar-refractivity contribution is 5.99. The number of carbonyl (C=O) groups excluding carboxylic acids is 4. The number of Topliss-reactive ketones (excluding diaryl/α,β-unsaturated/α-hetero) is 1. The number of benzene rings is 2. The summed E-state index contributed by atoms with van der Waals surface area (Å²) in [5.41, 5.74) is 3.90. The van der Waals surface area contributed by atoms with Crippen molar-refractivity contribution in [3.05, 3.63) is 78.0 Å². The van der Waals surface area contributed by atoms with Crippen LogP contribution in [0.4, 0.5) is 0 Å². The van der Waals surface area contributed by atoms with Crippen molar-refractivity contribution in [2.24, 2.45) is 11.8 Å². The number of unbranched alkanes of at least 4 members (excludes halogenated alkanes) is 10. The number of rotatable bonds is 24. The molecule has 0 bridgehead atoms. The van der Waals surface area contributed by atoms with Crippen LogP contribution in [-0.4, -0.2) is 34.6 Å². The maximum Gasteiger partial charge on any atom is 0.306 e. The third-order valence-electron chi connectivity index (χ3n) is 8.75. The molecule has 3 rings (SSSR count). The van der Waals surface area contributed by atoms with Crippen LogP contribution in [0.2, 0.25) is 0 Å². The van der Waals surface area contributed by atoms with Gasteiger partial charge >= 0.3 is 5.97 Å². The Morgan fingerprint density at radius 1 is 0.750 bits per heavy atom. The van der Waals surface area contributed by atoms with E-state index >= 15 is 0 Å². The third-order valence-corrected chi connectivity index (χ3v) is 8.75. The molecule has 9 heteroatoms. The molecule has 260 valence electrons. The Morgan fingerprint density at radius 3 is 2.08 bits per heavy atom. The summed E-state index contributed by atoms with van der Waals surface area (Å²) < 4.78 is 5.41. The number of carbonyl (C=O) groups is 4. The lowest BCUT2D eigenvalue weighted by atomic mass is 9.87. The van der Waals surface area contributed by atoms with Gasteiger partial charge in [0.1, 0.15) is 12.3 Å². The zero-order valence-electron chi connectivity index (χ0n) is 28.6. The van der Waals surface area contributed by atoms with E-state index in [0.717, 1.165) is 36.6 Å². The smallest absolute Gasteiger partial charge is 0.306 e. The quantitative estimate of drug-likeness (QED) is 0.0297. The monoisotopic (exact) mass is 658 g/mol. The zero-order valence-corrected chi connectivity index (χ0v) is 28.6. The summed E-state index contributed by atoms with van der Waals surface area (Å²) in [6, 6.07) is 19.4. The van der Waals surface area contributed by atoms with E-state index in [4.69, 9.17) is 10.6 Å². The van der Waals surface area contributed by atoms with Crippen molar-refractivity contribution in [2.45, 2.75) is 122 Å². The van der Waals surface area contributed by atoms with Crippen molar-refractivity contribution in [1.29, 1.82) is 0 Å². The molecule has 4 N–H and O–H groups in total. The van der Waals surface area contributed by atoms with Gasteiger partial charge in [0.2, 0.25) is 5.91 Å². The molecule has 0 saturated heterocycles. The van der Waals surface area contributed by atoms with E-state index < -0.39 is 23.8 Å². The molecule has 0 radical (unpaired) electrons. The van der Waals surface area contributed by atoms with Crippen molar-refractivity contribution in [3.8, 4) is 0 Å². The number of para-hydroxylation sites is 1. The lowest BCUT2D eigenvalue weighted by molar-refractivity contribution is -0.145. The number of ketones is 1. The number of nitrogens with one attached hydrogen (secondary N) is 2. The third kappa shape index (κ3) is 14.3. The first-order chi connectivity index (χ1) is 23.4. The van der Waals surface area contributed by atoms with Crippen LogP contribution in [0.1, 0.15) is 126 Å². The van der Waals surface area contributed by atoms with Gasteiger partial charge in [0, 0.05) is 24.1 Å². The number of aromatic nitrogens is 1. The van der Waals surface area contributed by atoms with Gasteiger partial charge in [-0.3, -0.25) is 24.6 Å². The molecule has 0 spiro atoms. The van der Waals surface area contributed by atoms with Crippen molar-refractivity contribution in [2.75, 3.05) is 0 Å². The normalized spacial score (nSPS) is 12.3. The van der Waals surface area contributed by atoms with E-state index in [-0.39, 0.29) is 43.3 Å². The highest BCUT2D eigenvalue weighted by Crippen LogP contribution is 2.21. The zero-order chi connectivity index (χ0) is 34.4. The van der Waals surface area contributed by atoms with Gasteiger partial charge in [-0.05, 0) is 37.0 Å². The SMILES string of the molecule is CCCCCCCCCCCCC[C@@H](CC(=O)NN)C(=O)[C@H](CCCC(=O)OCc1ccccc1)NC(=O)c1ccc2ccccc2n1. The molecule has 0 unspecified atom stereocenters. The first kappa shape index (κ1) is 38.3. The molecule has 9 nitrogen and oxygen atoms in total. The minimum absolute atomic E-state index is 0.0627. The van der Waals surface area contributed by atoms with E-state index in [9.17, 15) is 19.2 Å². The minimum atomic E-state index is -0.907. The summed E-state index contributed by atoms with van der Waals surface area (Å²) in [6.07, 6.45) is 14.1. The summed E-state index contributed by atoms with van der Waals surface area (Å²) in [5.74, 6) is 3.25. The second kappa shape index (κ2) is 22.5. The summed E-state index contributed by atoms with van der Waals surface area (Å²) >= 11 is 0. The molecular formula is C39H54N4O5. The van der Waals surface area contributed by atoms with Gasteiger partial charge < -0.3 is 10.1 Å². The van der Waals surface area contributed by atoms with Gasteiger partial charge in [-0.15, -0.1) is 0 Å². The number of hydrazine groups is 1. The topological polar surface area (TPSA) is 140 Å². The standard InChI is InChI=1S/C39H54N4O5/c1-2-3-4-5-6-7-8-9-10-11-15-22-32(28-36(44)43-40)38(46)34(24-18-25-37(45)48-29-30-19-13-12-14-20-30)42-39(47)35-27-26-31-21-16-17-23-33(31)41-35/h12-14,16-17,19-21,23,26-27,32,34H,2-11,15,18,22,24-25,28-29,40H2,1H3,(H,42,47)(H,43,44)/t32-,34-/m0/s1. The Kier molecular flexibility index (Phi) is 17.9. The van der Waals surface area contributed by atoms with Crippen molar-refractivity contribution < 1.29 is 23.9 Å². The van der Waals surface area contributed by atoms with Crippen molar-refractivity contribution in [1.82, 2.24) is 15.7 Å². The highest BCUT2D eigenvalue weighted by atomic mass is 16.5. The molecule has 2 amide bonds. The van der Waals surface area contributed by atoms with Gasteiger partial charge in [-0.25, -0.2) is 10.8 Å². The fourth-order valence-electron chi connectivity index (χ4n) is 5.94. The number of pyridine rings is 1. The maximum absolute atomic E-state index is 14.0. The van der Waals surface area contributed by atoms with Crippen LogP contribution >= 0.6 is 0 Å². The van der Waals surface area contributed by atoms with E-state index in [2.05, 4.69) is 22.7 Å². The summed E-state index contributed by atoms with van der Waals surface area (Å²) in [6.45, 7) is 2.40. The molecule has 0 aliphatic rings. The van der Waals surface area contributed by atoms with E-state index in [0.29, 0.717) is 18.4 Å². The van der Waals surface area contributed by atoms with Crippen LogP contribution in [0.3, 0.4) is 0 Å². The predicted molar refractivity (Wildman–Crippen MR) is 190 cm³/mol. The van der Waals surface area contributed by atoms with Gasteiger partial charge in [0.25, 0.3) is 5.91 Å². The van der Waals surface area contributed by atoms with E-state index in [1.165, 1.54) is 44.9 Å². The van der Waals surface area contributed by atoms with Crippen LogP contribution in [0.25, 0.3) is 10.9 Å². The maximum atomic E-state index is 14.0.